The number of piperidine rings is 1. The van der Waals surface area contributed by atoms with E-state index >= 15 is 0 Å². The summed E-state index contributed by atoms with van der Waals surface area (Å²) in [4.78, 5) is 19.4. The summed E-state index contributed by atoms with van der Waals surface area (Å²) in [6.45, 7) is 4.82. The van der Waals surface area contributed by atoms with Crippen LogP contribution < -0.4 is 0 Å². The molecule has 2 aliphatic rings. The number of likely N-dealkylation sites (tertiary alicyclic amines) is 1. The Labute approximate surface area is 137 Å². The molecule has 7 heteroatoms. The van der Waals surface area contributed by atoms with Gasteiger partial charge in [-0.05, 0) is 19.9 Å². The van der Waals surface area contributed by atoms with Gasteiger partial charge in [-0.25, -0.2) is 0 Å². The highest BCUT2D eigenvalue weighted by molar-refractivity contribution is 5.87. The highest BCUT2D eigenvalue weighted by Crippen LogP contribution is 2.33. The molecule has 2 fully saturated rings. The SMILES string of the molecule is CN1CCN(CCO)C(=O)C12CCN(Cc1cnn(C)c1)CC2. The van der Waals surface area contributed by atoms with Crippen LogP contribution in [0.1, 0.15) is 18.4 Å². The quantitative estimate of drug-likeness (QED) is 0.812. The van der Waals surface area contributed by atoms with Gasteiger partial charge in [0.1, 0.15) is 5.54 Å². The van der Waals surface area contributed by atoms with Gasteiger partial charge in [0.15, 0.2) is 0 Å². The lowest BCUT2D eigenvalue weighted by Crippen LogP contribution is -2.67. The zero-order valence-electron chi connectivity index (χ0n) is 14.1. The van der Waals surface area contributed by atoms with Crippen LogP contribution in [0.3, 0.4) is 0 Å². The minimum Gasteiger partial charge on any atom is -0.395 e. The zero-order chi connectivity index (χ0) is 16.4. The number of carbonyl (C=O) groups excluding carboxylic acids is 1. The van der Waals surface area contributed by atoms with Crippen molar-refractivity contribution in [2.75, 3.05) is 46.4 Å². The zero-order valence-corrected chi connectivity index (χ0v) is 14.1. The summed E-state index contributed by atoms with van der Waals surface area (Å²) < 4.78 is 1.83. The first-order chi connectivity index (χ1) is 11.0. The summed E-state index contributed by atoms with van der Waals surface area (Å²) in [6.07, 6.45) is 5.66. The molecule has 1 spiro atoms. The lowest BCUT2D eigenvalue weighted by Gasteiger charge is -2.51. The van der Waals surface area contributed by atoms with Gasteiger partial charge < -0.3 is 10.0 Å². The standard InChI is InChI=1S/C16H27N5O2/c1-18-7-8-21(9-10-22)15(23)16(18)3-5-20(6-4-16)13-14-11-17-19(2)12-14/h11-12,22H,3-10,13H2,1-2H3. The molecule has 1 N–H and O–H groups in total. The number of amides is 1. The molecular formula is C16H27N5O2. The molecule has 3 rings (SSSR count). The van der Waals surface area contributed by atoms with Crippen molar-refractivity contribution in [2.45, 2.75) is 24.9 Å². The second kappa shape index (κ2) is 6.59. The molecule has 0 aliphatic carbocycles. The Balaban J connectivity index is 1.64. The predicted octanol–water partition coefficient (Wildman–Crippen LogP) is -0.479. The van der Waals surface area contributed by atoms with Gasteiger partial charge >= 0.3 is 0 Å². The third kappa shape index (κ3) is 3.13. The highest BCUT2D eigenvalue weighted by Gasteiger charge is 2.48. The molecule has 128 valence electrons. The van der Waals surface area contributed by atoms with Crippen LogP contribution in [-0.4, -0.2) is 87.4 Å². The minimum atomic E-state index is -0.376. The van der Waals surface area contributed by atoms with E-state index in [-0.39, 0.29) is 18.1 Å². The summed E-state index contributed by atoms with van der Waals surface area (Å²) in [5, 5.41) is 13.4. The molecule has 1 aromatic heterocycles. The van der Waals surface area contributed by atoms with Crippen LogP contribution in [0.25, 0.3) is 0 Å². The first-order valence-corrected chi connectivity index (χ1v) is 8.36. The Bertz CT molecular complexity index is 550. The molecule has 2 saturated heterocycles. The van der Waals surface area contributed by atoms with E-state index in [1.807, 2.05) is 29.0 Å². The van der Waals surface area contributed by atoms with Gasteiger partial charge in [0.2, 0.25) is 5.91 Å². The van der Waals surface area contributed by atoms with Crippen molar-refractivity contribution in [3.63, 3.8) is 0 Å². The Kier molecular flexibility index (Phi) is 4.70. The minimum absolute atomic E-state index is 0.0403. The average Bonchev–Trinajstić information content (AvgIpc) is 2.95. The van der Waals surface area contributed by atoms with Crippen molar-refractivity contribution < 1.29 is 9.90 Å². The molecule has 2 aliphatic heterocycles. The monoisotopic (exact) mass is 321 g/mol. The van der Waals surface area contributed by atoms with Crippen LogP contribution in [0.5, 0.6) is 0 Å². The van der Waals surface area contributed by atoms with Crippen LogP contribution in [0.4, 0.5) is 0 Å². The molecule has 3 heterocycles. The van der Waals surface area contributed by atoms with E-state index in [9.17, 15) is 9.90 Å². The van der Waals surface area contributed by atoms with Crippen molar-refractivity contribution in [2.24, 2.45) is 7.05 Å². The van der Waals surface area contributed by atoms with Gasteiger partial charge in [-0.1, -0.05) is 0 Å². The van der Waals surface area contributed by atoms with Crippen LogP contribution in [0, 0.1) is 0 Å². The van der Waals surface area contributed by atoms with E-state index in [0.29, 0.717) is 6.54 Å². The number of nitrogens with zero attached hydrogens (tertiary/aromatic N) is 5. The first-order valence-electron chi connectivity index (χ1n) is 8.36. The Morgan fingerprint density at radius 3 is 2.57 bits per heavy atom. The van der Waals surface area contributed by atoms with Gasteiger partial charge in [0.25, 0.3) is 0 Å². The van der Waals surface area contributed by atoms with Gasteiger partial charge in [0, 0.05) is 58.1 Å². The molecule has 1 aromatic rings. The predicted molar refractivity (Wildman–Crippen MR) is 86.7 cm³/mol. The van der Waals surface area contributed by atoms with Crippen LogP contribution in [-0.2, 0) is 18.4 Å². The number of hydrogen-bond acceptors (Lipinski definition) is 5. The normalized spacial score (nSPS) is 22.9. The fraction of sp³-hybridized carbons (Fsp3) is 0.750. The Morgan fingerprint density at radius 2 is 1.96 bits per heavy atom. The van der Waals surface area contributed by atoms with E-state index in [0.717, 1.165) is 45.6 Å². The number of rotatable bonds is 4. The van der Waals surface area contributed by atoms with Crippen molar-refractivity contribution in [1.82, 2.24) is 24.5 Å². The number of hydrogen-bond donors (Lipinski definition) is 1. The lowest BCUT2D eigenvalue weighted by atomic mass is 9.82. The van der Waals surface area contributed by atoms with Gasteiger partial charge in [0.05, 0.1) is 12.8 Å². The van der Waals surface area contributed by atoms with Crippen molar-refractivity contribution in [1.29, 1.82) is 0 Å². The van der Waals surface area contributed by atoms with Crippen molar-refractivity contribution >= 4 is 5.91 Å². The second-order valence-corrected chi connectivity index (χ2v) is 6.77. The van der Waals surface area contributed by atoms with E-state index in [4.69, 9.17) is 0 Å². The van der Waals surface area contributed by atoms with E-state index < -0.39 is 0 Å². The number of aromatic nitrogens is 2. The van der Waals surface area contributed by atoms with Gasteiger partial charge in [-0.15, -0.1) is 0 Å². The molecule has 0 unspecified atom stereocenters. The Morgan fingerprint density at radius 1 is 1.22 bits per heavy atom. The highest BCUT2D eigenvalue weighted by atomic mass is 16.3. The number of piperazine rings is 1. The van der Waals surface area contributed by atoms with Gasteiger partial charge in [-0.3, -0.25) is 19.3 Å². The maximum Gasteiger partial charge on any atom is 0.243 e. The van der Waals surface area contributed by atoms with Crippen LogP contribution in [0.2, 0.25) is 0 Å². The maximum absolute atomic E-state index is 12.9. The summed E-state index contributed by atoms with van der Waals surface area (Å²) >= 11 is 0. The Hall–Kier alpha value is -1.44. The molecule has 1 amide bonds. The smallest absolute Gasteiger partial charge is 0.243 e. The molecule has 0 radical (unpaired) electrons. The number of carbonyl (C=O) groups is 1. The topological polar surface area (TPSA) is 64.8 Å². The summed E-state index contributed by atoms with van der Waals surface area (Å²) in [6, 6.07) is 0. The lowest BCUT2D eigenvalue weighted by molar-refractivity contribution is -0.154. The molecule has 7 nitrogen and oxygen atoms in total. The number of likely N-dealkylation sites (N-methyl/N-ethyl adjacent to an activating group) is 1. The molecular weight excluding hydrogens is 294 g/mol. The van der Waals surface area contributed by atoms with Crippen LogP contribution >= 0.6 is 0 Å². The average molecular weight is 321 g/mol. The van der Waals surface area contributed by atoms with E-state index in [1.165, 1.54) is 5.56 Å². The van der Waals surface area contributed by atoms with E-state index in [2.05, 4.69) is 21.9 Å². The fourth-order valence-electron chi connectivity index (χ4n) is 3.87. The number of β-amino-alcohol motifs (C(OH)–C–C–N with tert-alkyl or cyclic N) is 1. The second-order valence-electron chi connectivity index (χ2n) is 6.77. The summed E-state index contributed by atoms with van der Waals surface area (Å²) in [5.74, 6) is 0.196. The maximum atomic E-state index is 12.9. The number of aliphatic hydroxyl groups excluding tert-OH is 1. The largest absolute Gasteiger partial charge is 0.395 e. The number of aliphatic hydroxyl groups is 1. The van der Waals surface area contributed by atoms with E-state index in [1.54, 1.807) is 0 Å². The summed E-state index contributed by atoms with van der Waals surface area (Å²) in [7, 11) is 3.99. The first kappa shape index (κ1) is 16.4. The number of aryl methyl sites for hydroxylation is 1. The molecule has 0 saturated carbocycles. The van der Waals surface area contributed by atoms with Crippen LogP contribution in [0.15, 0.2) is 12.4 Å². The molecule has 23 heavy (non-hydrogen) atoms. The molecule has 0 bridgehead atoms. The summed E-state index contributed by atoms with van der Waals surface area (Å²) in [5.41, 5.74) is 0.840. The molecule has 0 atom stereocenters. The van der Waals surface area contributed by atoms with Crippen molar-refractivity contribution in [3.05, 3.63) is 18.0 Å². The molecule has 0 aromatic carbocycles. The third-order valence-corrected chi connectivity index (χ3v) is 5.34. The third-order valence-electron chi connectivity index (χ3n) is 5.34. The van der Waals surface area contributed by atoms with Crippen molar-refractivity contribution in [3.8, 4) is 0 Å². The van der Waals surface area contributed by atoms with Gasteiger partial charge in [-0.2, -0.15) is 5.10 Å². The fourth-order valence-corrected chi connectivity index (χ4v) is 3.87.